The Kier molecular flexibility index (Phi) is 12.5. The number of hydrogen-bond acceptors (Lipinski definition) is 9. The van der Waals surface area contributed by atoms with Gasteiger partial charge in [-0.2, -0.15) is 18.3 Å². The van der Waals surface area contributed by atoms with E-state index in [2.05, 4.69) is 16.4 Å². The maximum atomic E-state index is 14.9. The van der Waals surface area contributed by atoms with Crippen molar-refractivity contribution in [3.05, 3.63) is 82.2 Å². The molecule has 57 heavy (non-hydrogen) atoms. The van der Waals surface area contributed by atoms with E-state index < -0.39 is 50.6 Å². The van der Waals surface area contributed by atoms with E-state index in [1.54, 1.807) is 36.4 Å². The molecule has 1 N–H and O–H groups in total. The van der Waals surface area contributed by atoms with Crippen molar-refractivity contribution < 1.29 is 45.4 Å². The number of hydrogen-bond donors (Lipinski definition) is 1. The van der Waals surface area contributed by atoms with Crippen molar-refractivity contribution in [2.24, 2.45) is 13.0 Å². The number of morpholine rings is 1. The number of rotatable bonds is 11. The molecule has 3 aromatic rings. The molecule has 1 unspecified atom stereocenters. The molecule has 16 heteroatoms. The lowest BCUT2D eigenvalue weighted by Crippen LogP contribution is -2.47. The average Bonchev–Trinajstić information content (AvgIpc) is 3.43. The van der Waals surface area contributed by atoms with Gasteiger partial charge in [0.05, 0.1) is 42.9 Å². The zero-order chi connectivity index (χ0) is 41.2. The van der Waals surface area contributed by atoms with Gasteiger partial charge < -0.3 is 24.0 Å². The van der Waals surface area contributed by atoms with Crippen LogP contribution in [0.5, 0.6) is 5.75 Å². The number of benzene rings is 2. The van der Waals surface area contributed by atoms with E-state index in [4.69, 9.17) is 14.2 Å². The molecule has 3 aliphatic rings. The van der Waals surface area contributed by atoms with Gasteiger partial charge in [-0.3, -0.25) is 14.3 Å². The SMILES string of the molecule is C=C(c1ccc(C(=O)NS(=O)(=O)C(C)C)cc1N1CC(c2c(C(=O)N3CCOC(COC)C3)c(C(F)(F)F)nn2C)=Cc2cc(OC)ccc2C1)C1CCCCC1. The molecule has 1 saturated carbocycles. The first kappa shape index (κ1) is 41.9. The van der Waals surface area contributed by atoms with Gasteiger partial charge in [0.15, 0.2) is 5.69 Å². The van der Waals surface area contributed by atoms with Gasteiger partial charge in [-0.15, -0.1) is 0 Å². The molecule has 12 nitrogen and oxygen atoms in total. The molecule has 1 saturated heterocycles. The molecule has 0 radical (unpaired) electrons. The summed E-state index contributed by atoms with van der Waals surface area (Å²) in [5.41, 5.74) is 2.08. The molecular weight excluding hydrogens is 764 g/mol. The Morgan fingerprint density at radius 3 is 2.47 bits per heavy atom. The predicted octanol–water partition coefficient (Wildman–Crippen LogP) is 6.56. The van der Waals surface area contributed by atoms with Gasteiger partial charge in [-0.25, -0.2) is 13.1 Å². The first-order chi connectivity index (χ1) is 27.0. The Balaban J connectivity index is 1.53. The number of allylic oxidation sites excluding steroid dienone is 1. The second kappa shape index (κ2) is 17.0. The monoisotopic (exact) mass is 813 g/mol. The van der Waals surface area contributed by atoms with E-state index in [1.807, 2.05) is 11.0 Å². The standard InChI is InChI=1S/C41H50F3N5O7S/c1-25(2)57(52,53)46-39(50)28-13-15-34(26(3)27-10-8-7-9-11-27)35(20-28)49-21-29-12-14-32(55-6)19-30(29)18-31(22-49)37-36(38(41(42,43)44)45-47(37)4)40(51)48-16-17-56-33(23-48)24-54-5/h12-15,18-20,25,27,33H,3,7-11,16-17,21-24H2,1-2,4-6H3,(H,46,50). The lowest BCUT2D eigenvalue weighted by molar-refractivity contribution is -0.141. The number of halogens is 3. The number of alkyl halides is 3. The third kappa shape index (κ3) is 9.07. The number of carbonyl (C=O) groups is 2. The van der Waals surface area contributed by atoms with Crippen molar-refractivity contribution in [1.82, 2.24) is 19.4 Å². The summed E-state index contributed by atoms with van der Waals surface area (Å²) in [6.45, 7) is 8.04. The quantitative estimate of drug-likeness (QED) is 0.229. The van der Waals surface area contributed by atoms with Crippen LogP contribution < -0.4 is 14.4 Å². The molecule has 308 valence electrons. The van der Waals surface area contributed by atoms with E-state index in [0.717, 1.165) is 53.5 Å². The van der Waals surface area contributed by atoms with Crippen LogP contribution >= 0.6 is 0 Å². The number of aryl methyl sites for hydroxylation is 1. The van der Waals surface area contributed by atoms with E-state index in [1.165, 1.54) is 40.0 Å². The summed E-state index contributed by atoms with van der Waals surface area (Å²) in [4.78, 5) is 31.2. The van der Waals surface area contributed by atoms with Crippen molar-refractivity contribution in [1.29, 1.82) is 0 Å². The third-order valence-corrected chi connectivity index (χ3v) is 12.6. The molecule has 1 aliphatic carbocycles. The summed E-state index contributed by atoms with van der Waals surface area (Å²) in [5, 5.41) is 3.06. The first-order valence-electron chi connectivity index (χ1n) is 19.1. The average molecular weight is 814 g/mol. The number of nitrogens with zero attached hydrogens (tertiary/aromatic N) is 4. The number of sulfonamides is 1. The minimum Gasteiger partial charge on any atom is -0.497 e. The van der Waals surface area contributed by atoms with Gasteiger partial charge in [-0.1, -0.05) is 38.0 Å². The van der Waals surface area contributed by atoms with Crippen LogP contribution in [-0.2, 0) is 39.3 Å². The highest BCUT2D eigenvalue weighted by molar-refractivity contribution is 7.90. The van der Waals surface area contributed by atoms with E-state index in [0.29, 0.717) is 22.6 Å². The van der Waals surface area contributed by atoms with Crippen LogP contribution in [0, 0.1) is 5.92 Å². The molecular formula is C41H50F3N5O7S. The number of nitrogens with one attached hydrogen (secondary N) is 1. The van der Waals surface area contributed by atoms with E-state index >= 15 is 0 Å². The number of ether oxygens (including phenoxy) is 3. The fourth-order valence-electron chi connectivity index (χ4n) is 7.82. The number of fused-ring (bicyclic) bond motifs is 1. The summed E-state index contributed by atoms with van der Waals surface area (Å²) in [5.74, 6) is -0.983. The van der Waals surface area contributed by atoms with Crippen molar-refractivity contribution in [3.63, 3.8) is 0 Å². The summed E-state index contributed by atoms with van der Waals surface area (Å²) < 4.78 is 89.9. The zero-order valence-corrected chi connectivity index (χ0v) is 33.8. The number of aromatic nitrogens is 2. The fourth-order valence-corrected chi connectivity index (χ4v) is 8.43. The Hall–Kier alpha value is -4.67. The van der Waals surface area contributed by atoms with E-state index in [9.17, 15) is 31.2 Å². The van der Waals surface area contributed by atoms with Gasteiger partial charge in [0.1, 0.15) is 5.75 Å². The molecule has 1 aromatic heterocycles. The van der Waals surface area contributed by atoms with Crippen LogP contribution in [0.2, 0.25) is 0 Å². The summed E-state index contributed by atoms with van der Waals surface area (Å²) in [6, 6.07) is 10.4. The number of carbonyl (C=O) groups excluding carboxylic acids is 2. The van der Waals surface area contributed by atoms with Gasteiger partial charge >= 0.3 is 6.18 Å². The number of amides is 2. The molecule has 1 atom stereocenters. The van der Waals surface area contributed by atoms with Crippen LogP contribution in [0.1, 0.15) is 94.7 Å². The lowest BCUT2D eigenvalue weighted by atomic mass is 9.81. The second-order valence-electron chi connectivity index (χ2n) is 15.1. The molecule has 3 heterocycles. The van der Waals surface area contributed by atoms with Gasteiger partial charge in [0.25, 0.3) is 11.8 Å². The smallest absolute Gasteiger partial charge is 0.435 e. The summed E-state index contributed by atoms with van der Waals surface area (Å²) in [7, 11) is 0.406. The highest BCUT2D eigenvalue weighted by Crippen LogP contribution is 2.42. The van der Waals surface area contributed by atoms with Crippen molar-refractivity contribution in [2.45, 2.75) is 70.0 Å². The Morgan fingerprint density at radius 1 is 1.07 bits per heavy atom. The van der Waals surface area contributed by atoms with Gasteiger partial charge in [0.2, 0.25) is 10.0 Å². The van der Waals surface area contributed by atoms with Crippen LogP contribution in [0.25, 0.3) is 17.2 Å². The summed E-state index contributed by atoms with van der Waals surface area (Å²) in [6.07, 6.45) is 1.30. The number of methoxy groups -OCH3 is 2. The normalized spacial score (nSPS) is 18.2. The van der Waals surface area contributed by atoms with Crippen LogP contribution in [0.3, 0.4) is 0 Å². The zero-order valence-electron chi connectivity index (χ0n) is 32.9. The molecule has 2 aliphatic heterocycles. The molecule has 6 rings (SSSR count). The van der Waals surface area contributed by atoms with Crippen LogP contribution in [-0.4, -0.2) is 93.3 Å². The second-order valence-corrected chi connectivity index (χ2v) is 17.3. The largest absolute Gasteiger partial charge is 0.497 e. The number of anilines is 1. The topological polar surface area (TPSA) is 132 Å². The van der Waals surface area contributed by atoms with Gasteiger partial charge in [-0.05, 0) is 85.2 Å². The van der Waals surface area contributed by atoms with Crippen LogP contribution in [0.15, 0.2) is 43.0 Å². The lowest BCUT2D eigenvalue weighted by Gasteiger charge is -2.33. The molecule has 0 spiro atoms. The minimum absolute atomic E-state index is 0.0210. The maximum Gasteiger partial charge on any atom is 0.435 e. The first-order valence-corrected chi connectivity index (χ1v) is 20.6. The predicted molar refractivity (Wildman–Crippen MR) is 211 cm³/mol. The third-order valence-electron chi connectivity index (χ3n) is 10.9. The Morgan fingerprint density at radius 2 is 1.81 bits per heavy atom. The van der Waals surface area contributed by atoms with Crippen LogP contribution in [0.4, 0.5) is 18.9 Å². The van der Waals surface area contributed by atoms with E-state index in [-0.39, 0.29) is 56.6 Å². The summed E-state index contributed by atoms with van der Waals surface area (Å²) >= 11 is 0. The molecule has 0 bridgehead atoms. The van der Waals surface area contributed by atoms with Crippen molar-refractivity contribution in [3.8, 4) is 5.75 Å². The minimum atomic E-state index is -4.96. The molecule has 2 fully saturated rings. The molecule has 2 aromatic carbocycles. The highest BCUT2D eigenvalue weighted by Gasteiger charge is 2.44. The fraction of sp³-hybridized carbons (Fsp3) is 0.488. The van der Waals surface area contributed by atoms with Gasteiger partial charge in [0, 0.05) is 57.2 Å². The Labute approximate surface area is 331 Å². The Bertz CT molecular complexity index is 2160. The highest BCUT2D eigenvalue weighted by atomic mass is 32.2. The maximum absolute atomic E-state index is 14.9. The van der Waals surface area contributed by atoms with Crippen molar-refractivity contribution >= 4 is 44.7 Å². The molecule has 2 amide bonds. The van der Waals surface area contributed by atoms with Crippen molar-refractivity contribution in [2.75, 3.05) is 52.0 Å².